The van der Waals surface area contributed by atoms with Gasteiger partial charge in [0.25, 0.3) is 0 Å². The average molecular weight is 320 g/mol. The molecule has 0 spiro atoms. The second-order valence-corrected chi connectivity index (χ2v) is 7.88. The van der Waals surface area contributed by atoms with Gasteiger partial charge >= 0.3 is 0 Å². The van der Waals surface area contributed by atoms with Gasteiger partial charge in [-0.1, -0.05) is 32.0 Å². The van der Waals surface area contributed by atoms with Crippen LogP contribution in [0.4, 0.5) is 0 Å². The van der Waals surface area contributed by atoms with Crippen LogP contribution in [0.15, 0.2) is 41.4 Å². The summed E-state index contributed by atoms with van der Waals surface area (Å²) in [7, 11) is -3.80. The first kappa shape index (κ1) is 16.4. The number of benzene rings is 1. The Morgan fingerprint density at radius 2 is 1.82 bits per heavy atom. The monoisotopic (exact) mass is 320 g/mol. The maximum absolute atomic E-state index is 12.5. The first-order chi connectivity index (χ1) is 10.3. The van der Waals surface area contributed by atoms with Crippen molar-refractivity contribution in [3.63, 3.8) is 0 Å². The molecule has 0 saturated heterocycles. The summed E-state index contributed by atoms with van der Waals surface area (Å²) in [6.07, 6.45) is 0. The number of hydrogen-bond donors (Lipinski definition) is 1. The number of hydrogen-bond acceptors (Lipinski definition) is 4. The Morgan fingerprint density at radius 3 is 2.50 bits per heavy atom. The van der Waals surface area contributed by atoms with Crippen LogP contribution in [0.25, 0.3) is 10.9 Å². The number of carbonyl (C=O) groups is 1. The number of amides is 1. The Kier molecular flexibility index (Phi) is 4.81. The smallest absolute Gasteiger partial charge is 0.238 e. The lowest BCUT2D eigenvalue weighted by atomic mass is 10.2. The van der Waals surface area contributed by atoms with Crippen LogP contribution in [-0.4, -0.2) is 31.1 Å². The molecule has 5 nitrogen and oxygen atoms in total. The van der Waals surface area contributed by atoms with E-state index in [0.717, 1.165) is 5.39 Å². The van der Waals surface area contributed by atoms with Crippen LogP contribution in [0, 0.1) is 5.92 Å². The van der Waals surface area contributed by atoms with E-state index < -0.39 is 21.0 Å². The van der Waals surface area contributed by atoms with E-state index >= 15 is 0 Å². The number of sulfone groups is 1. The number of rotatable bonds is 5. The second-order valence-electron chi connectivity index (χ2n) is 5.67. The highest BCUT2D eigenvalue weighted by atomic mass is 32.2. The number of nitrogens with zero attached hydrogens (tertiary/aromatic N) is 1. The Bertz CT molecular complexity index is 785. The first-order valence-corrected chi connectivity index (χ1v) is 8.74. The second kappa shape index (κ2) is 6.44. The van der Waals surface area contributed by atoms with Crippen molar-refractivity contribution in [2.45, 2.75) is 31.0 Å². The number of nitrogens with one attached hydrogen (secondary N) is 1. The van der Waals surface area contributed by atoms with Crippen molar-refractivity contribution in [3.05, 3.63) is 36.4 Å². The van der Waals surface area contributed by atoms with Gasteiger partial charge in [-0.3, -0.25) is 4.79 Å². The van der Waals surface area contributed by atoms with Crippen LogP contribution in [0.3, 0.4) is 0 Å². The maximum Gasteiger partial charge on any atom is 0.238 e. The molecule has 0 aliphatic carbocycles. The van der Waals surface area contributed by atoms with Crippen molar-refractivity contribution >= 4 is 26.6 Å². The van der Waals surface area contributed by atoms with Gasteiger partial charge < -0.3 is 5.32 Å². The molecular weight excluding hydrogens is 300 g/mol. The van der Waals surface area contributed by atoms with E-state index in [9.17, 15) is 13.2 Å². The summed E-state index contributed by atoms with van der Waals surface area (Å²) >= 11 is 0. The third-order valence-electron chi connectivity index (χ3n) is 3.38. The minimum Gasteiger partial charge on any atom is -0.355 e. The van der Waals surface area contributed by atoms with Gasteiger partial charge in [-0.25, -0.2) is 13.4 Å². The van der Waals surface area contributed by atoms with E-state index in [2.05, 4.69) is 10.3 Å². The minimum atomic E-state index is -3.80. The summed E-state index contributed by atoms with van der Waals surface area (Å²) in [5.74, 6) is -0.235. The van der Waals surface area contributed by atoms with E-state index in [1.165, 1.54) is 13.0 Å². The molecule has 1 heterocycles. The molecule has 1 N–H and O–H groups in total. The molecule has 1 atom stereocenters. The molecule has 6 heteroatoms. The third kappa shape index (κ3) is 3.44. The van der Waals surface area contributed by atoms with E-state index in [1.54, 1.807) is 18.2 Å². The summed E-state index contributed by atoms with van der Waals surface area (Å²) in [5.41, 5.74) is 0.596. The Balaban J connectivity index is 2.29. The Morgan fingerprint density at radius 1 is 1.14 bits per heavy atom. The van der Waals surface area contributed by atoms with Crippen LogP contribution in [-0.2, 0) is 14.6 Å². The molecule has 2 aromatic rings. The largest absolute Gasteiger partial charge is 0.355 e. The molecule has 0 saturated carbocycles. The lowest BCUT2D eigenvalue weighted by Crippen LogP contribution is -2.39. The zero-order chi connectivity index (χ0) is 16.3. The van der Waals surface area contributed by atoms with E-state index in [1.807, 2.05) is 26.0 Å². The number of para-hydroxylation sites is 1. The average Bonchev–Trinajstić information content (AvgIpc) is 2.51. The predicted molar refractivity (Wildman–Crippen MR) is 86.2 cm³/mol. The van der Waals surface area contributed by atoms with Crippen molar-refractivity contribution in [1.82, 2.24) is 10.3 Å². The first-order valence-electron chi connectivity index (χ1n) is 7.20. The highest BCUT2D eigenvalue weighted by molar-refractivity contribution is 7.92. The van der Waals surface area contributed by atoms with Crippen LogP contribution in [0.1, 0.15) is 20.8 Å². The topological polar surface area (TPSA) is 76.1 Å². The fourth-order valence-electron chi connectivity index (χ4n) is 1.98. The fraction of sp³-hybridized carbons (Fsp3) is 0.375. The Labute approximate surface area is 130 Å². The van der Waals surface area contributed by atoms with Crippen LogP contribution in [0.5, 0.6) is 0 Å². The highest BCUT2D eigenvalue weighted by Crippen LogP contribution is 2.18. The van der Waals surface area contributed by atoms with Crippen molar-refractivity contribution < 1.29 is 13.2 Å². The zero-order valence-electron chi connectivity index (χ0n) is 12.9. The van der Waals surface area contributed by atoms with Crippen molar-refractivity contribution in [3.8, 4) is 0 Å². The molecular formula is C16H20N2O3S. The van der Waals surface area contributed by atoms with Gasteiger partial charge in [0.1, 0.15) is 5.25 Å². The predicted octanol–water partition coefficient (Wildman–Crippen LogP) is 2.17. The summed E-state index contributed by atoms with van der Waals surface area (Å²) < 4.78 is 25.1. The van der Waals surface area contributed by atoms with Crippen LogP contribution < -0.4 is 5.32 Å². The van der Waals surface area contributed by atoms with Gasteiger partial charge in [0.15, 0.2) is 5.03 Å². The quantitative estimate of drug-likeness (QED) is 0.916. The molecule has 1 amide bonds. The minimum absolute atomic E-state index is 0.0709. The summed E-state index contributed by atoms with van der Waals surface area (Å²) in [6.45, 7) is 5.74. The van der Waals surface area contributed by atoms with Crippen molar-refractivity contribution in [2.75, 3.05) is 6.54 Å². The molecule has 0 aliphatic rings. The van der Waals surface area contributed by atoms with Gasteiger partial charge in [-0.15, -0.1) is 0 Å². The maximum atomic E-state index is 12.5. The van der Waals surface area contributed by atoms with Crippen molar-refractivity contribution in [1.29, 1.82) is 0 Å². The summed E-state index contributed by atoms with van der Waals surface area (Å²) in [5, 5.41) is 2.27. The molecule has 0 bridgehead atoms. The number of aromatic nitrogens is 1. The van der Waals surface area contributed by atoms with E-state index in [0.29, 0.717) is 12.1 Å². The van der Waals surface area contributed by atoms with Gasteiger partial charge in [0, 0.05) is 11.9 Å². The molecule has 0 aliphatic heterocycles. The molecule has 0 unspecified atom stereocenters. The molecule has 2 rings (SSSR count). The number of pyridine rings is 1. The van der Waals surface area contributed by atoms with Crippen molar-refractivity contribution in [2.24, 2.45) is 5.92 Å². The summed E-state index contributed by atoms with van der Waals surface area (Å²) in [4.78, 5) is 16.2. The Hall–Kier alpha value is -1.95. The van der Waals surface area contributed by atoms with Crippen LogP contribution >= 0.6 is 0 Å². The molecule has 0 fully saturated rings. The summed E-state index contributed by atoms with van der Waals surface area (Å²) in [6, 6.07) is 10.4. The molecule has 0 radical (unpaired) electrons. The van der Waals surface area contributed by atoms with Gasteiger partial charge in [-0.2, -0.15) is 0 Å². The van der Waals surface area contributed by atoms with Gasteiger partial charge in [0.05, 0.1) is 5.52 Å². The van der Waals surface area contributed by atoms with Gasteiger partial charge in [0.2, 0.25) is 15.7 Å². The highest BCUT2D eigenvalue weighted by Gasteiger charge is 2.30. The molecule has 118 valence electrons. The number of fused-ring (bicyclic) bond motifs is 1. The lowest BCUT2D eigenvalue weighted by molar-refractivity contribution is -0.120. The molecule has 1 aromatic carbocycles. The van der Waals surface area contributed by atoms with Crippen LogP contribution in [0.2, 0.25) is 0 Å². The third-order valence-corrected chi connectivity index (χ3v) is 5.34. The molecule has 22 heavy (non-hydrogen) atoms. The van der Waals surface area contributed by atoms with E-state index in [4.69, 9.17) is 0 Å². The number of carbonyl (C=O) groups excluding carboxylic acids is 1. The standard InChI is InChI=1S/C16H20N2O3S/c1-11(2)10-17-16(19)12(3)22(20,21)15-9-8-13-6-4-5-7-14(13)18-15/h4-9,11-12H,10H2,1-3H3,(H,17,19)/t12-/m1/s1. The van der Waals surface area contributed by atoms with E-state index in [-0.39, 0.29) is 10.9 Å². The SMILES string of the molecule is CC(C)CNC(=O)[C@@H](C)S(=O)(=O)c1ccc2ccccc2n1. The fourth-order valence-corrected chi connectivity index (χ4v) is 3.19. The zero-order valence-corrected chi connectivity index (χ0v) is 13.7. The normalized spacial score (nSPS) is 13.3. The lowest BCUT2D eigenvalue weighted by Gasteiger charge is -2.14. The van der Waals surface area contributed by atoms with Gasteiger partial charge in [-0.05, 0) is 31.0 Å². The molecule has 1 aromatic heterocycles.